The molecule has 24 heavy (non-hydrogen) atoms. The second-order valence-electron chi connectivity index (χ2n) is 8.36. The molecule has 3 saturated carbocycles. The van der Waals surface area contributed by atoms with Crippen molar-refractivity contribution in [3.63, 3.8) is 0 Å². The third-order valence-corrected chi connectivity index (χ3v) is 7.66. The molecule has 4 aliphatic carbocycles. The predicted molar refractivity (Wildman–Crippen MR) is 94.1 cm³/mol. The van der Waals surface area contributed by atoms with Crippen molar-refractivity contribution < 1.29 is 9.59 Å². The zero-order chi connectivity index (χ0) is 17.3. The van der Waals surface area contributed by atoms with Crippen molar-refractivity contribution in [2.45, 2.75) is 44.6 Å². The molecule has 0 spiro atoms. The van der Waals surface area contributed by atoms with E-state index in [4.69, 9.17) is 0 Å². The van der Waals surface area contributed by atoms with E-state index in [9.17, 15) is 9.59 Å². The first-order chi connectivity index (χ1) is 11.3. The minimum Gasteiger partial charge on any atom is -0.328 e. The van der Waals surface area contributed by atoms with Crippen LogP contribution in [-0.4, -0.2) is 24.2 Å². The Labute approximate surface area is 144 Å². The van der Waals surface area contributed by atoms with E-state index in [0.29, 0.717) is 24.0 Å². The summed E-state index contributed by atoms with van der Waals surface area (Å²) in [5.41, 5.74) is 1.22. The minimum atomic E-state index is -0.519. The molecule has 4 aliphatic rings. The van der Waals surface area contributed by atoms with Gasteiger partial charge < -0.3 is 17.0 Å². The second kappa shape index (κ2) is 4.78. The lowest BCUT2D eigenvalue weighted by Crippen LogP contribution is -2.66. The molecule has 0 aromatic carbocycles. The number of hydrogen-bond donors (Lipinski definition) is 1. The number of allylic oxidation sites excluding steroid dienone is 5. The van der Waals surface area contributed by atoms with Crippen molar-refractivity contribution >= 4 is 11.6 Å². The average molecular weight is 324 g/mol. The van der Waals surface area contributed by atoms with Crippen molar-refractivity contribution in [1.29, 1.82) is 0 Å². The summed E-state index contributed by atoms with van der Waals surface area (Å²) in [6.07, 6.45) is 9.69. The predicted octanol–water partition coefficient (Wildman–Crippen LogP) is 3.19. The maximum absolute atomic E-state index is 12.7. The summed E-state index contributed by atoms with van der Waals surface area (Å²) in [7, 11) is 1.98. The van der Waals surface area contributed by atoms with E-state index in [1.165, 1.54) is 0 Å². The number of hydrogen-bond acceptors (Lipinski definition) is 3. The van der Waals surface area contributed by atoms with Crippen LogP contribution < -0.4 is 5.32 Å². The minimum absolute atomic E-state index is 0.0590. The van der Waals surface area contributed by atoms with Gasteiger partial charge in [0, 0.05) is 17.4 Å². The number of fused-ring (bicyclic) bond motifs is 5. The Morgan fingerprint density at radius 2 is 2.04 bits per heavy atom. The first-order valence-electron chi connectivity index (χ1n) is 8.99. The molecule has 0 aromatic heterocycles. The molecule has 5 unspecified atom stereocenters. The molecule has 0 radical (unpaired) electrons. The van der Waals surface area contributed by atoms with Crippen LogP contribution in [0.25, 0.3) is 0 Å². The van der Waals surface area contributed by atoms with E-state index in [0.717, 1.165) is 36.8 Å². The normalized spacial score (nSPS) is 47.1. The van der Waals surface area contributed by atoms with Gasteiger partial charge in [-0.25, -0.2) is 0 Å². The van der Waals surface area contributed by atoms with Crippen LogP contribution in [0.5, 0.6) is 0 Å². The zero-order valence-corrected chi connectivity index (χ0v) is 14.7. The molecule has 5 atom stereocenters. The zero-order valence-electron chi connectivity index (χ0n) is 14.7. The van der Waals surface area contributed by atoms with Gasteiger partial charge in [-0.05, 0) is 49.5 Å². The molecule has 0 bridgehead atoms. The van der Waals surface area contributed by atoms with Crippen LogP contribution >= 0.6 is 0 Å². The Balaban J connectivity index is 1.85. The summed E-state index contributed by atoms with van der Waals surface area (Å²) in [5, 5.41) is 3.56. The number of Topliss-reactive ketones (excluding diaryl/α,β-unsaturated/α-hetero) is 1. The summed E-state index contributed by atoms with van der Waals surface area (Å²) in [4.78, 5) is 24.6. The molecule has 0 aliphatic heterocycles. The summed E-state index contributed by atoms with van der Waals surface area (Å²) < 4.78 is 0. The number of carbonyl (C=O) groups excluding carboxylic acids is 2. The molecule has 0 saturated heterocycles. The van der Waals surface area contributed by atoms with Gasteiger partial charge in [0.05, 0.1) is 0 Å². The molecule has 1 N–H and O–H groups in total. The van der Waals surface area contributed by atoms with Gasteiger partial charge in [0.15, 0.2) is 5.78 Å². The maximum Gasteiger partial charge on any atom is 0.178 e. The lowest BCUT2D eigenvalue weighted by molar-refractivity contribution is -0.131. The molecular weight excluding hydrogens is 298 g/mol. The quantitative estimate of drug-likeness (QED) is 0.754. The molecule has 3 fully saturated rings. The van der Waals surface area contributed by atoms with Gasteiger partial charge in [0.25, 0.3) is 0 Å². The van der Waals surface area contributed by atoms with Crippen LogP contribution in [0.15, 0.2) is 36.0 Å². The first-order valence-corrected chi connectivity index (χ1v) is 8.99. The van der Waals surface area contributed by atoms with Crippen molar-refractivity contribution in [2.75, 3.05) is 7.05 Å². The Morgan fingerprint density at radius 1 is 1.29 bits per heavy atom. The monoisotopic (exact) mass is 324 g/mol. The van der Waals surface area contributed by atoms with Crippen molar-refractivity contribution in [3.8, 4) is 0 Å². The molecule has 3 heteroatoms. The third-order valence-electron chi connectivity index (χ3n) is 7.66. The first kappa shape index (κ1) is 16.0. The van der Waals surface area contributed by atoms with Crippen LogP contribution in [-0.2, 0) is 9.59 Å². The van der Waals surface area contributed by atoms with Gasteiger partial charge in [-0.15, -0.1) is 0 Å². The average Bonchev–Trinajstić information content (AvgIpc) is 2.82. The van der Waals surface area contributed by atoms with Crippen molar-refractivity contribution in [2.24, 2.45) is 22.7 Å². The lowest BCUT2D eigenvalue weighted by Gasteiger charge is -2.64. The molecular formula is C21H26NO2-. The van der Waals surface area contributed by atoms with Crippen LogP contribution in [0.4, 0.5) is 0 Å². The molecule has 4 rings (SSSR count). The highest BCUT2D eigenvalue weighted by molar-refractivity contribution is 6.02. The molecule has 128 valence electrons. The fourth-order valence-corrected chi connectivity index (χ4v) is 6.34. The van der Waals surface area contributed by atoms with Gasteiger partial charge in [0.2, 0.25) is 0 Å². The molecule has 0 heterocycles. The van der Waals surface area contributed by atoms with E-state index in [1.54, 1.807) is 12.2 Å². The van der Waals surface area contributed by atoms with Crippen molar-refractivity contribution in [1.82, 2.24) is 5.32 Å². The molecule has 0 amide bonds. The van der Waals surface area contributed by atoms with Crippen LogP contribution in [0.1, 0.15) is 39.0 Å². The molecule has 3 nitrogen and oxygen atoms in total. The van der Waals surface area contributed by atoms with Crippen LogP contribution in [0, 0.1) is 29.6 Å². The van der Waals surface area contributed by atoms with E-state index in [2.05, 4.69) is 31.8 Å². The van der Waals surface area contributed by atoms with E-state index >= 15 is 0 Å². The lowest BCUT2D eigenvalue weighted by atomic mass is 9.45. The van der Waals surface area contributed by atoms with E-state index in [1.807, 2.05) is 7.05 Å². The smallest absolute Gasteiger partial charge is 0.178 e. The van der Waals surface area contributed by atoms with E-state index in [-0.39, 0.29) is 16.7 Å². The Bertz CT molecular complexity index is 717. The standard InChI is InChI=1S/C21H26NO2/c1-13-11-17-15(19(2)8-5-14(23)12-16(13)19)6-9-20(3)18(24)7-10-21(17,20)22-4/h5,8,12,15,17,22H,1,3,6-7,9-11H2,2,4H3/q-1. The van der Waals surface area contributed by atoms with Gasteiger partial charge in [-0.2, -0.15) is 0 Å². The van der Waals surface area contributed by atoms with Crippen LogP contribution in [0.3, 0.4) is 0 Å². The third kappa shape index (κ3) is 1.67. The van der Waals surface area contributed by atoms with Crippen molar-refractivity contribution in [3.05, 3.63) is 42.9 Å². The number of rotatable bonds is 1. The summed E-state index contributed by atoms with van der Waals surface area (Å²) in [6.45, 7) is 11.0. The highest BCUT2D eigenvalue weighted by atomic mass is 16.1. The van der Waals surface area contributed by atoms with Gasteiger partial charge >= 0.3 is 0 Å². The van der Waals surface area contributed by atoms with Gasteiger partial charge in [-0.3, -0.25) is 4.79 Å². The number of nitrogens with one attached hydrogen (secondary N) is 1. The highest BCUT2D eigenvalue weighted by Crippen LogP contribution is 2.65. The van der Waals surface area contributed by atoms with Gasteiger partial charge in [-0.1, -0.05) is 43.4 Å². The highest BCUT2D eigenvalue weighted by Gasteiger charge is 2.63. The maximum atomic E-state index is 12.7. The Kier molecular flexibility index (Phi) is 3.19. The summed E-state index contributed by atoms with van der Waals surface area (Å²) in [6, 6.07) is 0. The largest absolute Gasteiger partial charge is 0.328 e. The Hall–Kier alpha value is -1.48. The topological polar surface area (TPSA) is 46.2 Å². The Morgan fingerprint density at radius 3 is 2.75 bits per heavy atom. The SMILES string of the molecule is C=C1CC2C(CCC3([CH2-])C(=O)CCC23NC)C2(C)C=CC(=O)C=C12. The summed E-state index contributed by atoms with van der Waals surface area (Å²) in [5.74, 6) is 1.10. The van der Waals surface area contributed by atoms with Gasteiger partial charge in [0.1, 0.15) is 5.78 Å². The summed E-state index contributed by atoms with van der Waals surface area (Å²) >= 11 is 0. The fraction of sp³-hybridized carbons (Fsp3) is 0.571. The van der Waals surface area contributed by atoms with Crippen LogP contribution in [0.2, 0.25) is 0 Å². The molecule has 0 aromatic rings. The fourth-order valence-electron chi connectivity index (χ4n) is 6.34. The second-order valence-corrected chi connectivity index (χ2v) is 8.36. The number of ketones is 2. The number of carbonyl (C=O) groups is 2. The van der Waals surface area contributed by atoms with E-state index < -0.39 is 5.41 Å².